The summed E-state index contributed by atoms with van der Waals surface area (Å²) in [6.07, 6.45) is 2.59. The number of halogens is 1. The lowest BCUT2D eigenvalue weighted by molar-refractivity contribution is 0.560. The van der Waals surface area contributed by atoms with E-state index in [1.807, 2.05) is 0 Å². The summed E-state index contributed by atoms with van der Waals surface area (Å²) in [7, 11) is 0. The molecule has 0 spiro atoms. The fourth-order valence-electron chi connectivity index (χ4n) is 1.98. The van der Waals surface area contributed by atoms with E-state index in [2.05, 4.69) is 16.8 Å². The van der Waals surface area contributed by atoms with E-state index in [0.717, 1.165) is 19.0 Å². The van der Waals surface area contributed by atoms with Crippen LogP contribution in [-0.4, -0.2) is 18.1 Å². The van der Waals surface area contributed by atoms with E-state index in [0.29, 0.717) is 17.1 Å². The van der Waals surface area contributed by atoms with Gasteiger partial charge >= 0.3 is 0 Å². The van der Waals surface area contributed by atoms with Crippen molar-refractivity contribution in [2.24, 2.45) is 5.92 Å². The number of nitrogens with zero attached hydrogens (tertiary/aromatic N) is 2. The molecule has 0 radical (unpaired) electrons. The van der Waals surface area contributed by atoms with Gasteiger partial charge in [-0.2, -0.15) is 4.98 Å². The molecule has 90 valence electrons. The molecule has 0 aliphatic heterocycles. The lowest BCUT2D eigenvalue weighted by Gasteiger charge is -2.17. The summed E-state index contributed by atoms with van der Waals surface area (Å²) in [6, 6.07) is 5.05. The number of anilines is 1. The first-order valence-corrected chi connectivity index (χ1v) is 6.07. The molecular formula is C13H15FN2O. The molecule has 0 atom stereocenters. The van der Waals surface area contributed by atoms with E-state index < -0.39 is 0 Å². The van der Waals surface area contributed by atoms with Crippen molar-refractivity contribution in [2.75, 3.05) is 18.0 Å². The van der Waals surface area contributed by atoms with Gasteiger partial charge in [-0.1, -0.05) is 0 Å². The van der Waals surface area contributed by atoms with Gasteiger partial charge in [0.1, 0.15) is 11.3 Å². The van der Waals surface area contributed by atoms with Crippen LogP contribution < -0.4 is 4.90 Å². The minimum atomic E-state index is -0.275. The van der Waals surface area contributed by atoms with Crippen molar-refractivity contribution in [3.05, 3.63) is 24.0 Å². The average Bonchev–Trinajstić information content (AvgIpc) is 3.04. The van der Waals surface area contributed by atoms with Gasteiger partial charge in [-0.15, -0.1) is 0 Å². The Balaban J connectivity index is 1.92. The van der Waals surface area contributed by atoms with Crippen molar-refractivity contribution in [3.63, 3.8) is 0 Å². The lowest BCUT2D eigenvalue weighted by Crippen LogP contribution is -2.25. The first-order chi connectivity index (χ1) is 8.26. The maximum Gasteiger partial charge on any atom is 0.298 e. The Hall–Kier alpha value is -1.58. The van der Waals surface area contributed by atoms with Crippen LogP contribution in [0.4, 0.5) is 10.4 Å². The van der Waals surface area contributed by atoms with E-state index >= 15 is 0 Å². The molecule has 0 bridgehead atoms. The molecule has 2 aromatic rings. The summed E-state index contributed by atoms with van der Waals surface area (Å²) in [4.78, 5) is 6.47. The third-order valence-electron chi connectivity index (χ3n) is 3.17. The number of hydrogen-bond acceptors (Lipinski definition) is 3. The molecule has 0 amide bonds. The zero-order valence-electron chi connectivity index (χ0n) is 9.82. The topological polar surface area (TPSA) is 29.3 Å². The predicted molar refractivity (Wildman–Crippen MR) is 64.6 cm³/mol. The molecule has 3 nitrogen and oxygen atoms in total. The molecule has 1 aliphatic carbocycles. The van der Waals surface area contributed by atoms with Gasteiger partial charge in [-0.3, -0.25) is 0 Å². The second-order valence-corrected chi connectivity index (χ2v) is 4.59. The third-order valence-corrected chi connectivity index (χ3v) is 3.17. The second-order valence-electron chi connectivity index (χ2n) is 4.59. The molecule has 1 fully saturated rings. The van der Waals surface area contributed by atoms with Gasteiger partial charge < -0.3 is 9.32 Å². The lowest BCUT2D eigenvalue weighted by atomic mass is 10.3. The van der Waals surface area contributed by atoms with Gasteiger partial charge in [0.25, 0.3) is 6.01 Å². The Labute approximate surface area is 99.2 Å². The Morgan fingerprint density at radius 1 is 1.47 bits per heavy atom. The molecule has 1 aromatic carbocycles. The van der Waals surface area contributed by atoms with Crippen LogP contribution >= 0.6 is 0 Å². The molecule has 1 aliphatic rings. The van der Waals surface area contributed by atoms with Crippen LogP contribution in [0.3, 0.4) is 0 Å². The van der Waals surface area contributed by atoms with Gasteiger partial charge in [0.05, 0.1) is 0 Å². The molecule has 1 saturated carbocycles. The monoisotopic (exact) mass is 234 g/mol. The summed E-state index contributed by atoms with van der Waals surface area (Å²) in [5.74, 6) is 0.504. The smallest absolute Gasteiger partial charge is 0.298 e. The van der Waals surface area contributed by atoms with Gasteiger partial charge in [0.2, 0.25) is 0 Å². The fourth-order valence-corrected chi connectivity index (χ4v) is 1.98. The zero-order chi connectivity index (χ0) is 11.8. The molecule has 0 unspecified atom stereocenters. The van der Waals surface area contributed by atoms with Crippen molar-refractivity contribution in [3.8, 4) is 0 Å². The zero-order valence-corrected chi connectivity index (χ0v) is 9.82. The first kappa shape index (κ1) is 10.6. The summed E-state index contributed by atoms with van der Waals surface area (Å²) in [6.45, 7) is 3.94. The van der Waals surface area contributed by atoms with Crippen molar-refractivity contribution >= 4 is 17.1 Å². The molecule has 1 heterocycles. The standard InChI is InChI=1S/C13H15FN2O/c1-2-16(8-9-3-4-9)13-15-11-7-10(14)5-6-12(11)17-13/h5-7,9H,2-4,8H2,1H3. The third kappa shape index (κ3) is 2.12. The summed E-state index contributed by atoms with van der Waals surface area (Å²) < 4.78 is 18.7. The Kier molecular flexibility index (Phi) is 2.50. The molecule has 0 N–H and O–H groups in total. The van der Waals surface area contributed by atoms with E-state index in [1.165, 1.54) is 25.0 Å². The van der Waals surface area contributed by atoms with E-state index in [9.17, 15) is 4.39 Å². The molecule has 0 saturated heterocycles. The number of rotatable bonds is 4. The van der Waals surface area contributed by atoms with Gasteiger partial charge in [0.15, 0.2) is 5.58 Å². The highest BCUT2D eigenvalue weighted by atomic mass is 19.1. The van der Waals surface area contributed by atoms with E-state index in [1.54, 1.807) is 6.07 Å². The van der Waals surface area contributed by atoms with Crippen molar-refractivity contribution in [2.45, 2.75) is 19.8 Å². The first-order valence-electron chi connectivity index (χ1n) is 6.07. The summed E-state index contributed by atoms with van der Waals surface area (Å²) >= 11 is 0. The van der Waals surface area contributed by atoms with Crippen LogP contribution in [0.5, 0.6) is 0 Å². The highest BCUT2D eigenvalue weighted by Gasteiger charge is 2.25. The molecule has 17 heavy (non-hydrogen) atoms. The van der Waals surface area contributed by atoms with E-state index in [4.69, 9.17) is 4.42 Å². The van der Waals surface area contributed by atoms with E-state index in [-0.39, 0.29) is 5.82 Å². The van der Waals surface area contributed by atoms with Crippen LogP contribution in [0.1, 0.15) is 19.8 Å². The van der Waals surface area contributed by atoms with Crippen LogP contribution in [0, 0.1) is 11.7 Å². The van der Waals surface area contributed by atoms with Crippen molar-refractivity contribution in [1.82, 2.24) is 4.98 Å². The molecule has 4 heteroatoms. The minimum absolute atomic E-state index is 0.275. The number of hydrogen-bond donors (Lipinski definition) is 0. The fraction of sp³-hybridized carbons (Fsp3) is 0.462. The van der Waals surface area contributed by atoms with Crippen LogP contribution in [0.15, 0.2) is 22.6 Å². The highest BCUT2D eigenvalue weighted by molar-refractivity contribution is 5.74. The minimum Gasteiger partial charge on any atom is -0.423 e. The van der Waals surface area contributed by atoms with Crippen LogP contribution in [0.2, 0.25) is 0 Å². The van der Waals surface area contributed by atoms with Crippen LogP contribution in [0.25, 0.3) is 11.1 Å². The molecule has 1 aromatic heterocycles. The summed E-state index contributed by atoms with van der Waals surface area (Å²) in [5, 5.41) is 0. The molecular weight excluding hydrogens is 219 g/mol. The average molecular weight is 234 g/mol. The number of fused-ring (bicyclic) bond motifs is 1. The SMILES string of the molecule is CCN(CC1CC1)c1nc2cc(F)ccc2o1. The Bertz CT molecular complexity index is 533. The number of aromatic nitrogens is 1. The van der Waals surface area contributed by atoms with Gasteiger partial charge in [0, 0.05) is 19.2 Å². The molecule has 3 rings (SSSR count). The van der Waals surface area contributed by atoms with Gasteiger partial charge in [-0.05, 0) is 37.8 Å². The quantitative estimate of drug-likeness (QED) is 0.813. The normalized spacial score (nSPS) is 15.4. The maximum atomic E-state index is 13.1. The Morgan fingerprint density at radius 2 is 2.29 bits per heavy atom. The summed E-state index contributed by atoms with van der Waals surface area (Å²) in [5.41, 5.74) is 1.24. The number of benzene rings is 1. The Morgan fingerprint density at radius 3 is 3.00 bits per heavy atom. The second kappa shape index (κ2) is 4.02. The largest absolute Gasteiger partial charge is 0.423 e. The van der Waals surface area contributed by atoms with Crippen LogP contribution in [-0.2, 0) is 0 Å². The number of oxazole rings is 1. The van der Waals surface area contributed by atoms with Crippen molar-refractivity contribution in [1.29, 1.82) is 0 Å². The van der Waals surface area contributed by atoms with Gasteiger partial charge in [-0.25, -0.2) is 4.39 Å². The predicted octanol–water partition coefficient (Wildman–Crippen LogP) is 3.20. The van der Waals surface area contributed by atoms with Crippen molar-refractivity contribution < 1.29 is 8.81 Å². The maximum absolute atomic E-state index is 13.1. The highest BCUT2D eigenvalue weighted by Crippen LogP contribution is 2.32.